The number of rotatable bonds is 4. The van der Waals surface area contributed by atoms with Crippen LogP contribution in [0.2, 0.25) is 0 Å². The van der Waals surface area contributed by atoms with E-state index < -0.39 is 0 Å². The van der Waals surface area contributed by atoms with Gasteiger partial charge in [0.05, 0.1) is 6.61 Å². The summed E-state index contributed by atoms with van der Waals surface area (Å²) in [6.45, 7) is 6.37. The Labute approximate surface area is 104 Å². The maximum atomic E-state index is 6.03. The molecule has 1 N–H and O–H groups in total. The molecular formula is C15H23NO. The van der Waals surface area contributed by atoms with Gasteiger partial charge in [-0.1, -0.05) is 44.2 Å². The lowest BCUT2D eigenvalue weighted by Gasteiger charge is -2.35. The van der Waals surface area contributed by atoms with Gasteiger partial charge in [0.2, 0.25) is 0 Å². The van der Waals surface area contributed by atoms with E-state index in [4.69, 9.17) is 4.74 Å². The van der Waals surface area contributed by atoms with E-state index in [1.165, 1.54) is 18.4 Å². The van der Waals surface area contributed by atoms with Gasteiger partial charge in [-0.15, -0.1) is 0 Å². The van der Waals surface area contributed by atoms with Crippen LogP contribution in [-0.4, -0.2) is 12.8 Å². The lowest BCUT2D eigenvalue weighted by molar-refractivity contribution is -0.0501. The van der Waals surface area contributed by atoms with Gasteiger partial charge in [-0.05, 0) is 30.9 Å². The van der Waals surface area contributed by atoms with Crippen molar-refractivity contribution in [2.75, 3.05) is 6.54 Å². The van der Waals surface area contributed by atoms with Crippen LogP contribution < -0.4 is 5.32 Å². The standard InChI is InChI=1S/C15H23NO/c1-12(2)14-9-6-10-16-15(14)17-11-13-7-4-3-5-8-13/h3-5,7-8,12,14-16H,6,9-11H2,1-2H3. The average Bonchev–Trinajstić information content (AvgIpc) is 2.38. The first-order valence-corrected chi connectivity index (χ1v) is 6.66. The summed E-state index contributed by atoms with van der Waals surface area (Å²) >= 11 is 0. The molecule has 2 rings (SSSR count). The largest absolute Gasteiger partial charge is 0.358 e. The third-order valence-electron chi connectivity index (χ3n) is 3.58. The van der Waals surface area contributed by atoms with Crippen LogP contribution in [0.15, 0.2) is 30.3 Å². The zero-order valence-electron chi connectivity index (χ0n) is 10.9. The molecular weight excluding hydrogens is 210 g/mol. The smallest absolute Gasteiger partial charge is 0.111 e. The summed E-state index contributed by atoms with van der Waals surface area (Å²) in [6.07, 6.45) is 2.78. The lowest BCUT2D eigenvalue weighted by atomic mass is 9.87. The normalized spacial score (nSPS) is 25.1. The van der Waals surface area contributed by atoms with E-state index in [2.05, 4.69) is 43.4 Å². The Morgan fingerprint density at radius 3 is 2.76 bits per heavy atom. The maximum absolute atomic E-state index is 6.03. The van der Waals surface area contributed by atoms with Gasteiger partial charge in [-0.25, -0.2) is 0 Å². The molecule has 0 spiro atoms. The summed E-state index contributed by atoms with van der Waals surface area (Å²) in [5, 5.41) is 3.50. The summed E-state index contributed by atoms with van der Waals surface area (Å²) in [6, 6.07) is 10.4. The second-order valence-electron chi connectivity index (χ2n) is 5.22. The maximum Gasteiger partial charge on any atom is 0.111 e. The minimum atomic E-state index is 0.226. The quantitative estimate of drug-likeness (QED) is 0.862. The Balaban J connectivity index is 1.88. The molecule has 2 atom stereocenters. The van der Waals surface area contributed by atoms with E-state index in [0.717, 1.165) is 6.54 Å². The Morgan fingerprint density at radius 2 is 2.06 bits per heavy atom. The van der Waals surface area contributed by atoms with Gasteiger partial charge in [0.25, 0.3) is 0 Å². The van der Waals surface area contributed by atoms with Crippen LogP contribution in [0, 0.1) is 11.8 Å². The van der Waals surface area contributed by atoms with Crippen molar-refractivity contribution in [1.82, 2.24) is 5.32 Å². The van der Waals surface area contributed by atoms with Crippen molar-refractivity contribution in [3.8, 4) is 0 Å². The minimum Gasteiger partial charge on any atom is -0.358 e. The topological polar surface area (TPSA) is 21.3 Å². The fourth-order valence-electron chi connectivity index (χ4n) is 2.51. The van der Waals surface area contributed by atoms with Gasteiger partial charge in [0.1, 0.15) is 6.23 Å². The van der Waals surface area contributed by atoms with Crippen LogP contribution in [0.4, 0.5) is 0 Å². The van der Waals surface area contributed by atoms with E-state index >= 15 is 0 Å². The summed E-state index contributed by atoms with van der Waals surface area (Å²) in [7, 11) is 0. The molecule has 1 aliphatic rings. The molecule has 1 aliphatic heterocycles. The molecule has 1 heterocycles. The average molecular weight is 233 g/mol. The van der Waals surface area contributed by atoms with Crippen molar-refractivity contribution in [3.63, 3.8) is 0 Å². The second kappa shape index (κ2) is 6.18. The van der Waals surface area contributed by atoms with Gasteiger partial charge in [-0.3, -0.25) is 5.32 Å². The SMILES string of the molecule is CC(C)C1CCCNC1OCc1ccccc1. The van der Waals surface area contributed by atoms with Gasteiger partial charge >= 0.3 is 0 Å². The molecule has 0 saturated carbocycles. The highest BCUT2D eigenvalue weighted by Gasteiger charge is 2.27. The minimum absolute atomic E-state index is 0.226. The van der Waals surface area contributed by atoms with Gasteiger partial charge < -0.3 is 4.74 Å². The summed E-state index contributed by atoms with van der Waals surface area (Å²) in [5.74, 6) is 1.33. The van der Waals surface area contributed by atoms with Crippen molar-refractivity contribution in [1.29, 1.82) is 0 Å². The number of hydrogen-bond donors (Lipinski definition) is 1. The Hall–Kier alpha value is -0.860. The molecule has 0 bridgehead atoms. The molecule has 2 heteroatoms. The summed E-state index contributed by atoms with van der Waals surface area (Å²) in [5.41, 5.74) is 1.25. The number of ether oxygens (including phenoxy) is 1. The molecule has 0 aromatic heterocycles. The summed E-state index contributed by atoms with van der Waals surface area (Å²) < 4.78 is 6.03. The van der Waals surface area contributed by atoms with E-state index in [0.29, 0.717) is 18.4 Å². The van der Waals surface area contributed by atoms with Gasteiger partial charge in [0, 0.05) is 5.92 Å². The molecule has 1 aromatic rings. The molecule has 1 saturated heterocycles. The highest BCUT2D eigenvalue weighted by Crippen LogP contribution is 2.25. The first-order valence-electron chi connectivity index (χ1n) is 6.66. The monoisotopic (exact) mass is 233 g/mol. The van der Waals surface area contributed by atoms with Crippen molar-refractivity contribution in [3.05, 3.63) is 35.9 Å². The van der Waals surface area contributed by atoms with Crippen molar-refractivity contribution >= 4 is 0 Å². The van der Waals surface area contributed by atoms with Gasteiger partial charge in [0.15, 0.2) is 0 Å². The first-order chi connectivity index (χ1) is 8.27. The molecule has 1 fully saturated rings. The molecule has 1 aromatic carbocycles. The number of piperidine rings is 1. The lowest BCUT2D eigenvalue weighted by Crippen LogP contribution is -2.45. The molecule has 17 heavy (non-hydrogen) atoms. The molecule has 0 radical (unpaired) electrons. The van der Waals surface area contributed by atoms with Crippen LogP contribution in [-0.2, 0) is 11.3 Å². The Kier molecular flexibility index (Phi) is 4.57. The van der Waals surface area contributed by atoms with Crippen LogP contribution in [0.25, 0.3) is 0 Å². The fraction of sp³-hybridized carbons (Fsp3) is 0.600. The van der Waals surface area contributed by atoms with E-state index in [1.807, 2.05) is 6.07 Å². The number of hydrogen-bond acceptors (Lipinski definition) is 2. The summed E-state index contributed by atoms with van der Waals surface area (Å²) in [4.78, 5) is 0. The first kappa shape index (κ1) is 12.6. The highest BCUT2D eigenvalue weighted by atomic mass is 16.5. The van der Waals surface area contributed by atoms with Crippen LogP contribution in [0.3, 0.4) is 0 Å². The van der Waals surface area contributed by atoms with E-state index in [1.54, 1.807) is 0 Å². The molecule has 0 amide bonds. The third-order valence-corrected chi connectivity index (χ3v) is 3.58. The molecule has 94 valence electrons. The fourth-order valence-corrected chi connectivity index (χ4v) is 2.51. The van der Waals surface area contributed by atoms with E-state index in [9.17, 15) is 0 Å². The van der Waals surface area contributed by atoms with Crippen molar-refractivity contribution in [2.45, 2.75) is 39.5 Å². The Morgan fingerprint density at radius 1 is 1.29 bits per heavy atom. The second-order valence-corrected chi connectivity index (χ2v) is 5.22. The zero-order valence-corrected chi connectivity index (χ0v) is 10.9. The van der Waals surface area contributed by atoms with Crippen LogP contribution in [0.5, 0.6) is 0 Å². The van der Waals surface area contributed by atoms with E-state index in [-0.39, 0.29) is 6.23 Å². The molecule has 2 nitrogen and oxygen atoms in total. The number of nitrogens with one attached hydrogen (secondary N) is 1. The van der Waals surface area contributed by atoms with Gasteiger partial charge in [-0.2, -0.15) is 0 Å². The van der Waals surface area contributed by atoms with Crippen LogP contribution >= 0.6 is 0 Å². The highest BCUT2D eigenvalue weighted by molar-refractivity contribution is 5.13. The number of benzene rings is 1. The van der Waals surface area contributed by atoms with Crippen LogP contribution in [0.1, 0.15) is 32.3 Å². The predicted molar refractivity (Wildman–Crippen MR) is 70.6 cm³/mol. The zero-order chi connectivity index (χ0) is 12.1. The van der Waals surface area contributed by atoms with Crippen molar-refractivity contribution < 1.29 is 4.74 Å². The third kappa shape index (κ3) is 3.55. The van der Waals surface area contributed by atoms with Crippen molar-refractivity contribution in [2.24, 2.45) is 11.8 Å². The predicted octanol–water partition coefficient (Wildman–Crippen LogP) is 3.18. The Bertz CT molecular complexity index is 323. The molecule has 2 unspecified atom stereocenters. The molecule has 0 aliphatic carbocycles.